The highest BCUT2D eigenvalue weighted by Gasteiger charge is 2.11. The molecule has 1 heterocycles. The number of amides is 1. The van der Waals surface area contributed by atoms with Crippen LogP contribution in [-0.2, 0) is 0 Å². The number of nitrogens with one attached hydrogen (secondary N) is 1. The van der Waals surface area contributed by atoms with E-state index in [9.17, 15) is 4.79 Å². The zero-order chi connectivity index (χ0) is 10.6. The van der Waals surface area contributed by atoms with Gasteiger partial charge in [-0.1, -0.05) is 18.5 Å². The summed E-state index contributed by atoms with van der Waals surface area (Å²) in [6.45, 7) is 3.96. The average Bonchev–Trinajstić information content (AvgIpc) is 2.18. The Hall–Kier alpha value is -1.09. The number of hydrogen-bond donors (Lipinski definition) is 1. The summed E-state index contributed by atoms with van der Waals surface area (Å²) >= 11 is 5.84. The van der Waals surface area contributed by atoms with Crippen LogP contribution < -0.4 is 5.32 Å². The van der Waals surface area contributed by atoms with Crippen molar-refractivity contribution in [3.63, 3.8) is 0 Å². The first-order chi connectivity index (χ1) is 6.65. The smallest absolute Gasteiger partial charge is 0.254 e. The third kappa shape index (κ3) is 2.70. The molecule has 3 nitrogen and oxygen atoms in total. The minimum absolute atomic E-state index is 0.152. The molecule has 4 heteroatoms. The average molecular weight is 213 g/mol. The van der Waals surface area contributed by atoms with E-state index in [0.29, 0.717) is 10.6 Å². The fourth-order valence-electron chi connectivity index (χ4n) is 0.948. The lowest BCUT2D eigenvalue weighted by molar-refractivity contribution is 0.0939. The molecule has 1 N–H and O–H groups in total. The molecular formula is C10H13ClN2O. The number of hydrogen-bond acceptors (Lipinski definition) is 2. The quantitative estimate of drug-likeness (QED) is 0.835. The Bertz CT molecular complexity index is 328. The molecular weight excluding hydrogens is 200 g/mol. The first-order valence-corrected chi connectivity index (χ1v) is 4.93. The van der Waals surface area contributed by atoms with Crippen LogP contribution in [0.1, 0.15) is 30.6 Å². The van der Waals surface area contributed by atoms with Crippen molar-refractivity contribution in [1.82, 2.24) is 10.3 Å². The van der Waals surface area contributed by atoms with Gasteiger partial charge in [-0.2, -0.15) is 0 Å². The highest BCUT2D eigenvalue weighted by molar-refractivity contribution is 6.33. The predicted molar refractivity (Wildman–Crippen MR) is 56.5 cm³/mol. The van der Waals surface area contributed by atoms with Crippen LogP contribution in [0.25, 0.3) is 0 Å². The third-order valence-corrected chi connectivity index (χ3v) is 2.33. The monoisotopic (exact) mass is 212 g/mol. The number of carbonyl (C=O) groups excluding carboxylic acids is 1. The van der Waals surface area contributed by atoms with Gasteiger partial charge >= 0.3 is 0 Å². The Morgan fingerprint density at radius 2 is 2.43 bits per heavy atom. The lowest BCUT2D eigenvalue weighted by atomic mass is 10.2. The van der Waals surface area contributed by atoms with Crippen LogP contribution in [0, 0.1) is 0 Å². The maximum absolute atomic E-state index is 11.6. The van der Waals surface area contributed by atoms with Crippen molar-refractivity contribution >= 4 is 17.5 Å². The summed E-state index contributed by atoms with van der Waals surface area (Å²) in [5.74, 6) is -0.169. The fraction of sp³-hybridized carbons (Fsp3) is 0.400. The lowest BCUT2D eigenvalue weighted by Crippen LogP contribution is -2.32. The van der Waals surface area contributed by atoms with Gasteiger partial charge in [-0.15, -0.1) is 0 Å². The molecule has 1 rings (SSSR count). The number of halogens is 1. The maximum atomic E-state index is 11.6. The van der Waals surface area contributed by atoms with E-state index in [1.807, 2.05) is 13.8 Å². The summed E-state index contributed by atoms with van der Waals surface area (Å²) in [4.78, 5) is 15.5. The first kappa shape index (κ1) is 11.0. The Kier molecular flexibility index (Phi) is 3.89. The summed E-state index contributed by atoms with van der Waals surface area (Å²) < 4.78 is 0. The van der Waals surface area contributed by atoms with E-state index >= 15 is 0 Å². The van der Waals surface area contributed by atoms with Gasteiger partial charge in [-0.3, -0.25) is 9.78 Å². The van der Waals surface area contributed by atoms with E-state index in [-0.39, 0.29) is 11.9 Å². The zero-order valence-electron chi connectivity index (χ0n) is 8.25. The molecule has 0 aliphatic heterocycles. The molecule has 1 amide bonds. The lowest BCUT2D eigenvalue weighted by Gasteiger charge is -2.11. The van der Waals surface area contributed by atoms with Crippen molar-refractivity contribution in [2.75, 3.05) is 0 Å². The molecule has 0 saturated heterocycles. The number of nitrogens with zero attached hydrogens (tertiary/aromatic N) is 1. The van der Waals surface area contributed by atoms with Gasteiger partial charge in [0.05, 0.1) is 10.6 Å². The van der Waals surface area contributed by atoms with Crippen LogP contribution in [0.15, 0.2) is 18.5 Å². The summed E-state index contributed by atoms with van der Waals surface area (Å²) in [5.41, 5.74) is 0.425. The number of carbonyl (C=O) groups is 1. The highest BCUT2D eigenvalue weighted by atomic mass is 35.5. The van der Waals surface area contributed by atoms with Crippen molar-refractivity contribution in [3.05, 3.63) is 29.0 Å². The van der Waals surface area contributed by atoms with Crippen molar-refractivity contribution in [2.45, 2.75) is 26.3 Å². The molecule has 1 unspecified atom stereocenters. The van der Waals surface area contributed by atoms with E-state index in [1.54, 1.807) is 12.3 Å². The van der Waals surface area contributed by atoms with E-state index in [0.717, 1.165) is 6.42 Å². The van der Waals surface area contributed by atoms with Crippen LogP contribution in [0.3, 0.4) is 0 Å². The fourth-order valence-corrected chi connectivity index (χ4v) is 1.14. The minimum Gasteiger partial charge on any atom is -0.350 e. The van der Waals surface area contributed by atoms with Crippen LogP contribution in [0.4, 0.5) is 0 Å². The molecule has 0 aliphatic carbocycles. The number of rotatable bonds is 3. The molecule has 0 bridgehead atoms. The topological polar surface area (TPSA) is 42.0 Å². The Balaban J connectivity index is 2.75. The first-order valence-electron chi connectivity index (χ1n) is 4.55. The van der Waals surface area contributed by atoms with Gasteiger partial charge in [-0.25, -0.2) is 0 Å². The standard InChI is InChI=1S/C10H13ClN2O/c1-3-7(2)13-10(14)8-6-12-5-4-9(8)11/h4-7H,3H2,1-2H3,(H,13,14). The largest absolute Gasteiger partial charge is 0.350 e. The second-order valence-corrected chi connectivity index (χ2v) is 3.55. The van der Waals surface area contributed by atoms with E-state index in [4.69, 9.17) is 11.6 Å². The number of aromatic nitrogens is 1. The van der Waals surface area contributed by atoms with Crippen molar-refractivity contribution in [3.8, 4) is 0 Å². The third-order valence-electron chi connectivity index (χ3n) is 2.00. The van der Waals surface area contributed by atoms with Crippen molar-refractivity contribution < 1.29 is 4.79 Å². The summed E-state index contributed by atoms with van der Waals surface area (Å²) in [6.07, 6.45) is 3.92. The van der Waals surface area contributed by atoms with Crippen LogP contribution >= 0.6 is 11.6 Å². The second-order valence-electron chi connectivity index (χ2n) is 3.14. The summed E-state index contributed by atoms with van der Waals surface area (Å²) in [7, 11) is 0. The predicted octanol–water partition coefficient (Wildman–Crippen LogP) is 2.26. The molecule has 0 fully saturated rings. The molecule has 0 spiro atoms. The van der Waals surface area contributed by atoms with E-state index < -0.39 is 0 Å². The summed E-state index contributed by atoms with van der Waals surface area (Å²) in [6, 6.07) is 1.76. The van der Waals surface area contributed by atoms with Gasteiger partial charge in [0.1, 0.15) is 0 Å². The van der Waals surface area contributed by atoms with Gasteiger partial charge in [-0.05, 0) is 19.4 Å². The van der Waals surface area contributed by atoms with Crippen molar-refractivity contribution in [2.24, 2.45) is 0 Å². The normalized spacial score (nSPS) is 12.2. The molecule has 0 radical (unpaired) electrons. The molecule has 1 atom stereocenters. The number of pyridine rings is 1. The second kappa shape index (κ2) is 4.96. The Morgan fingerprint density at radius 3 is 3.00 bits per heavy atom. The molecule has 14 heavy (non-hydrogen) atoms. The van der Waals surface area contributed by atoms with Gasteiger partial charge < -0.3 is 5.32 Å². The zero-order valence-corrected chi connectivity index (χ0v) is 9.01. The molecule has 0 aliphatic rings. The Labute approximate surface area is 88.5 Å². The van der Waals surface area contributed by atoms with E-state index in [2.05, 4.69) is 10.3 Å². The van der Waals surface area contributed by atoms with Crippen LogP contribution in [0.5, 0.6) is 0 Å². The molecule has 0 aromatic carbocycles. The highest BCUT2D eigenvalue weighted by Crippen LogP contribution is 2.13. The van der Waals surface area contributed by atoms with Crippen molar-refractivity contribution in [1.29, 1.82) is 0 Å². The van der Waals surface area contributed by atoms with Crippen LogP contribution in [-0.4, -0.2) is 16.9 Å². The maximum Gasteiger partial charge on any atom is 0.254 e. The molecule has 0 saturated carbocycles. The van der Waals surface area contributed by atoms with Gasteiger partial charge in [0.25, 0.3) is 5.91 Å². The van der Waals surface area contributed by atoms with Gasteiger partial charge in [0.2, 0.25) is 0 Å². The molecule has 76 valence electrons. The van der Waals surface area contributed by atoms with Gasteiger partial charge in [0.15, 0.2) is 0 Å². The van der Waals surface area contributed by atoms with Gasteiger partial charge in [0, 0.05) is 18.4 Å². The Morgan fingerprint density at radius 1 is 1.71 bits per heavy atom. The SMILES string of the molecule is CCC(C)NC(=O)c1cnccc1Cl. The van der Waals surface area contributed by atoms with Crippen LogP contribution in [0.2, 0.25) is 5.02 Å². The van der Waals surface area contributed by atoms with E-state index in [1.165, 1.54) is 6.20 Å². The summed E-state index contributed by atoms with van der Waals surface area (Å²) in [5, 5.41) is 3.25. The molecule has 1 aromatic rings. The molecule has 1 aromatic heterocycles. The minimum atomic E-state index is -0.169.